The lowest BCUT2D eigenvalue weighted by Crippen LogP contribution is -2.32. The van der Waals surface area contributed by atoms with Gasteiger partial charge in [0.05, 0.1) is 0 Å². The molecule has 1 aliphatic heterocycles. The number of hydrogen-bond donors (Lipinski definition) is 1. The van der Waals surface area contributed by atoms with Crippen LogP contribution < -0.4 is 5.32 Å². The maximum Gasteiger partial charge on any atom is 0.253 e. The predicted octanol–water partition coefficient (Wildman–Crippen LogP) is 1.80. The Bertz CT molecular complexity index is 494. The van der Waals surface area contributed by atoms with Gasteiger partial charge in [0.25, 0.3) is 5.91 Å². The van der Waals surface area contributed by atoms with Crippen LogP contribution in [0.4, 0.5) is 5.82 Å². The Balaban J connectivity index is 2.04. The lowest BCUT2D eigenvalue weighted by Gasteiger charge is -2.21. The summed E-state index contributed by atoms with van der Waals surface area (Å²) in [6, 6.07) is 3.34. The van der Waals surface area contributed by atoms with Gasteiger partial charge in [0.1, 0.15) is 11.0 Å². The number of aromatic nitrogens is 1. The molecule has 0 aromatic carbocycles. The van der Waals surface area contributed by atoms with Crippen molar-refractivity contribution in [1.29, 1.82) is 0 Å². The van der Waals surface area contributed by atoms with Crippen LogP contribution in [0.3, 0.4) is 0 Å². The molecule has 20 heavy (non-hydrogen) atoms. The number of hydrogen-bond acceptors (Lipinski definition) is 4. The molecule has 1 aliphatic rings. The number of anilines is 1. The molecule has 6 heteroatoms. The molecule has 0 spiro atoms. The lowest BCUT2D eigenvalue weighted by atomic mass is 10.1. The van der Waals surface area contributed by atoms with E-state index in [0.717, 1.165) is 26.1 Å². The van der Waals surface area contributed by atoms with Gasteiger partial charge in [-0.15, -0.1) is 0 Å². The van der Waals surface area contributed by atoms with Crippen molar-refractivity contribution < 1.29 is 4.79 Å². The maximum absolute atomic E-state index is 12.4. The molecule has 1 atom stereocenters. The first-order chi connectivity index (χ1) is 9.49. The number of carbonyl (C=O) groups is 1. The topological polar surface area (TPSA) is 48.5 Å². The van der Waals surface area contributed by atoms with E-state index in [1.54, 1.807) is 24.1 Å². The van der Waals surface area contributed by atoms with Crippen LogP contribution in [0.2, 0.25) is 5.15 Å². The van der Waals surface area contributed by atoms with Crippen LogP contribution in [0, 0.1) is 5.92 Å². The van der Waals surface area contributed by atoms with Crippen LogP contribution in [-0.2, 0) is 0 Å². The van der Waals surface area contributed by atoms with Gasteiger partial charge in [-0.1, -0.05) is 11.6 Å². The molecule has 2 heterocycles. The van der Waals surface area contributed by atoms with E-state index in [1.807, 2.05) is 7.05 Å². The summed E-state index contributed by atoms with van der Waals surface area (Å²) in [4.78, 5) is 20.6. The second-order valence-corrected chi connectivity index (χ2v) is 5.80. The molecule has 1 unspecified atom stereocenters. The molecule has 0 aliphatic carbocycles. The molecule has 1 amide bonds. The third-order valence-corrected chi connectivity index (χ3v) is 3.86. The SMILES string of the molecule is CNc1cc(C(=O)N(C)CC2CCN(C)C2)cc(Cl)n1. The minimum atomic E-state index is -0.0136. The molecule has 1 aromatic rings. The highest BCUT2D eigenvalue weighted by Gasteiger charge is 2.23. The summed E-state index contributed by atoms with van der Waals surface area (Å²) in [5, 5.41) is 3.24. The monoisotopic (exact) mass is 296 g/mol. The molecule has 0 saturated carbocycles. The first-order valence-electron chi connectivity index (χ1n) is 6.79. The van der Waals surface area contributed by atoms with Crippen LogP contribution in [0.1, 0.15) is 16.8 Å². The van der Waals surface area contributed by atoms with Crippen molar-refractivity contribution in [3.63, 3.8) is 0 Å². The Labute approximate surface area is 124 Å². The Morgan fingerprint density at radius 3 is 2.95 bits per heavy atom. The molecule has 1 saturated heterocycles. The van der Waals surface area contributed by atoms with Gasteiger partial charge in [0.15, 0.2) is 0 Å². The summed E-state index contributed by atoms with van der Waals surface area (Å²) in [7, 11) is 5.71. The molecule has 1 aromatic heterocycles. The van der Waals surface area contributed by atoms with Gasteiger partial charge in [0, 0.05) is 32.7 Å². The van der Waals surface area contributed by atoms with Crippen LogP contribution in [0.5, 0.6) is 0 Å². The fraction of sp³-hybridized carbons (Fsp3) is 0.571. The smallest absolute Gasteiger partial charge is 0.253 e. The molecule has 110 valence electrons. The minimum Gasteiger partial charge on any atom is -0.373 e. The second-order valence-electron chi connectivity index (χ2n) is 5.42. The Morgan fingerprint density at radius 2 is 2.35 bits per heavy atom. The third-order valence-electron chi connectivity index (χ3n) is 3.66. The number of amides is 1. The van der Waals surface area contributed by atoms with Crippen LogP contribution >= 0.6 is 11.6 Å². The molecule has 0 bridgehead atoms. The zero-order chi connectivity index (χ0) is 14.7. The largest absolute Gasteiger partial charge is 0.373 e. The summed E-state index contributed by atoms with van der Waals surface area (Å²) < 4.78 is 0. The fourth-order valence-electron chi connectivity index (χ4n) is 2.61. The molecule has 5 nitrogen and oxygen atoms in total. The highest BCUT2D eigenvalue weighted by atomic mass is 35.5. The summed E-state index contributed by atoms with van der Waals surface area (Å²) in [6.45, 7) is 2.94. The summed E-state index contributed by atoms with van der Waals surface area (Å²) in [6.07, 6.45) is 1.15. The van der Waals surface area contributed by atoms with E-state index < -0.39 is 0 Å². The minimum absolute atomic E-state index is 0.0136. The van der Waals surface area contributed by atoms with E-state index in [2.05, 4.69) is 22.2 Å². The van der Waals surface area contributed by atoms with E-state index in [0.29, 0.717) is 22.5 Å². The van der Waals surface area contributed by atoms with Crippen molar-refractivity contribution in [2.75, 3.05) is 46.1 Å². The van der Waals surface area contributed by atoms with E-state index in [4.69, 9.17) is 11.6 Å². The molecule has 1 fully saturated rings. The number of nitrogens with zero attached hydrogens (tertiary/aromatic N) is 3. The zero-order valence-electron chi connectivity index (χ0n) is 12.2. The highest BCUT2D eigenvalue weighted by Crippen LogP contribution is 2.18. The average molecular weight is 297 g/mol. The van der Waals surface area contributed by atoms with E-state index >= 15 is 0 Å². The second kappa shape index (κ2) is 6.41. The van der Waals surface area contributed by atoms with Crippen molar-refractivity contribution in [1.82, 2.24) is 14.8 Å². The van der Waals surface area contributed by atoms with Gasteiger partial charge in [0.2, 0.25) is 0 Å². The van der Waals surface area contributed by atoms with E-state index in [1.165, 1.54) is 0 Å². The molecule has 1 N–H and O–H groups in total. The van der Waals surface area contributed by atoms with Gasteiger partial charge >= 0.3 is 0 Å². The Hall–Kier alpha value is -1.33. The lowest BCUT2D eigenvalue weighted by molar-refractivity contribution is 0.0774. The van der Waals surface area contributed by atoms with Gasteiger partial charge in [-0.3, -0.25) is 4.79 Å². The number of rotatable bonds is 4. The molecular weight excluding hydrogens is 276 g/mol. The first kappa shape index (κ1) is 15.1. The predicted molar refractivity (Wildman–Crippen MR) is 81.4 cm³/mol. The maximum atomic E-state index is 12.4. The number of halogens is 1. The molecule has 0 radical (unpaired) electrons. The van der Waals surface area contributed by atoms with Gasteiger partial charge in [-0.05, 0) is 38.1 Å². The molecular formula is C14H21ClN4O. The highest BCUT2D eigenvalue weighted by molar-refractivity contribution is 6.29. The van der Waals surface area contributed by atoms with Crippen molar-refractivity contribution in [3.05, 3.63) is 22.8 Å². The summed E-state index contributed by atoms with van der Waals surface area (Å²) in [5.41, 5.74) is 0.572. The quantitative estimate of drug-likeness (QED) is 0.861. The third kappa shape index (κ3) is 3.61. The summed E-state index contributed by atoms with van der Waals surface area (Å²) in [5.74, 6) is 1.14. The van der Waals surface area contributed by atoms with Crippen molar-refractivity contribution in [2.45, 2.75) is 6.42 Å². The zero-order valence-corrected chi connectivity index (χ0v) is 12.9. The van der Waals surface area contributed by atoms with Crippen LogP contribution in [-0.4, -0.2) is 61.5 Å². The average Bonchev–Trinajstić information content (AvgIpc) is 2.82. The number of carbonyl (C=O) groups excluding carboxylic acids is 1. The Morgan fingerprint density at radius 1 is 1.60 bits per heavy atom. The number of pyridine rings is 1. The van der Waals surface area contributed by atoms with Gasteiger partial charge in [-0.2, -0.15) is 0 Å². The number of nitrogens with one attached hydrogen (secondary N) is 1. The van der Waals surface area contributed by atoms with Gasteiger partial charge in [-0.25, -0.2) is 4.98 Å². The van der Waals surface area contributed by atoms with Crippen LogP contribution in [0.15, 0.2) is 12.1 Å². The first-order valence-corrected chi connectivity index (χ1v) is 7.16. The standard InChI is InChI=1S/C14H21ClN4O/c1-16-13-7-11(6-12(15)17-13)14(20)19(3)9-10-4-5-18(2)8-10/h6-7,10H,4-5,8-9H2,1-3H3,(H,16,17). The van der Waals surface area contributed by atoms with E-state index in [-0.39, 0.29) is 5.91 Å². The molecule has 2 rings (SSSR count). The van der Waals surface area contributed by atoms with Crippen LogP contribution in [0.25, 0.3) is 0 Å². The fourth-order valence-corrected chi connectivity index (χ4v) is 2.82. The van der Waals surface area contributed by atoms with Crippen molar-refractivity contribution in [2.24, 2.45) is 5.92 Å². The van der Waals surface area contributed by atoms with E-state index in [9.17, 15) is 4.79 Å². The van der Waals surface area contributed by atoms with Crippen molar-refractivity contribution >= 4 is 23.3 Å². The van der Waals surface area contributed by atoms with Gasteiger partial charge < -0.3 is 15.1 Å². The summed E-state index contributed by atoms with van der Waals surface area (Å²) >= 11 is 5.94. The van der Waals surface area contributed by atoms with Crippen molar-refractivity contribution in [3.8, 4) is 0 Å². The number of likely N-dealkylation sites (tertiary alicyclic amines) is 1. The normalized spacial score (nSPS) is 19.1. The Kier molecular flexibility index (Phi) is 4.83.